The number of methoxy groups -OCH3 is 2. The first-order valence-electron chi connectivity index (χ1n) is 8.71. The first-order chi connectivity index (χ1) is 12.2. The number of ether oxygens (including phenoxy) is 3. The average molecular weight is 345 g/mol. The Labute approximate surface area is 149 Å². The summed E-state index contributed by atoms with van der Waals surface area (Å²) in [6, 6.07) is 6.02. The van der Waals surface area contributed by atoms with Gasteiger partial charge in [-0.05, 0) is 18.9 Å². The zero-order valence-electron chi connectivity index (χ0n) is 15.3. The van der Waals surface area contributed by atoms with Gasteiger partial charge in [-0.25, -0.2) is 0 Å². The van der Waals surface area contributed by atoms with E-state index >= 15 is 0 Å². The number of aromatic nitrogens is 2. The molecule has 2 heterocycles. The predicted octanol–water partition coefficient (Wildman–Crippen LogP) is 2.62. The summed E-state index contributed by atoms with van der Waals surface area (Å²) in [7, 11) is 5.30. The molecule has 1 saturated heterocycles. The van der Waals surface area contributed by atoms with E-state index in [-0.39, 0.29) is 0 Å². The Kier molecular flexibility index (Phi) is 5.94. The van der Waals surface area contributed by atoms with Crippen LogP contribution in [-0.4, -0.2) is 48.2 Å². The van der Waals surface area contributed by atoms with Gasteiger partial charge in [0.15, 0.2) is 11.5 Å². The second kappa shape index (κ2) is 8.36. The van der Waals surface area contributed by atoms with Crippen LogP contribution in [0.2, 0.25) is 0 Å². The highest BCUT2D eigenvalue weighted by Crippen LogP contribution is 2.32. The van der Waals surface area contributed by atoms with Crippen molar-refractivity contribution in [2.24, 2.45) is 7.05 Å². The Balaban J connectivity index is 1.78. The molecular formula is C19H27N3O3. The molecule has 0 aliphatic carbocycles. The van der Waals surface area contributed by atoms with Crippen LogP contribution < -0.4 is 9.47 Å². The number of aryl methyl sites for hydroxylation is 1. The Morgan fingerprint density at radius 2 is 2.16 bits per heavy atom. The second-order valence-electron chi connectivity index (χ2n) is 6.48. The van der Waals surface area contributed by atoms with Gasteiger partial charge in [0.1, 0.15) is 0 Å². The van der Waals surface area contributed by atoms with Crippen LogP contribution in [-0.2, 0) is 24.9 Å². The number of benzene rings is 1. The zero-order valence-corrected chi connectivity index (χ0v) is 15.3. The number of rotatable bonds is 8. The molecule has 1 atom stereocenters. The average Bonchev–Trinajstić information content (AvgIpc) is 3.26. The first-order valence-corrected chi connectivity index (χ1v) is 8.71. The molecule has 0 N–H and O–H groups in total. The molecule has 6 nitrogen and oxygen atoms in total. The first kappa shape index (κ1) is 17.8. The van der Waals surface area contributed by atoms with E-state index in [9.17, 15) is 0 Å². The minimum atomic E-state index is 0.299. The van der Waals surface area contributed by atoms with Gasteiger partial charge in [0.25, 0.3) is 0 Å². The van der Waals surface area contributed by atoms with E-state index in [1.54, 1.807) is 14.2 Å². The quantitative estimate of drug-likeness (QED) is 0.736. The van der Waals surface area contributed by atoms with E-state index in [1.165, 1.54) is 5.56 Å². The van der Waals surface area contributed by atoms with E-state index in [0.717, 1.165) is 56.1 Å². The fourth-order valence-electron chi connectivity index (χ4n) is 3.39. The summed E-state index contributed by atoms with van der Waals surface area (Å²) >= 11 is 0. The van der Waals surface area contributed by atoms with Crippen molar-refractivity contribution in [3.8, 4) is 11.5 Å². The summed E-state index contributed by atoms with van der Waals surface area (Å²) in [4.78, 5) is 2.39. The minimum Gasteiger partial charge on any atom is -0.493 e. The molecule has 1 aliphatic rings. The molecule has 3 rings (SSSR count). The van der Waals surface area contributed by atoms with E-state index < -0.39 is 0 Å². The lowest BCUT2D eigenvalue weighted by molar-refractivity contribution is 0.0676. The maximum absolute atomic E-state index is 5.85. The second-order valence-corrected chi connectivity index (χ2v) is 6.48. The molecule has 0 spiro atoms. The lowest BCUT2D eigenvalue weighted by atomic mass is 10.1. The van der Waals surface area contributed by atoms with Gasteiger partial charge >= 0.3 is 0 Å². The highest BCUT2D eigenvalue weighted by atomic mass is 16.5. The van der Waals surface area contributed by atoms with Gasteiger partial charge in [-0.3, -0.25) is 9.58 Å². The number of nitrogens with zero attached hydrogens (tertiary/aromatic N) is 3. The summed E-state index contributed by atoms with van der Waals surface area (Å²) in [5.41, 5.74) is 2.31. The van der Waals surface area contributed by atoms with Crippen molar-refractivity contribution in [3.63, 3.8) is 0 Å². The van der Waals surface area contributed by atoms with Crippen LogP contribution in [0.15, 0.2) is 30.6 Å². The van der Waals surface area contributed by atoms with Gasteiger partial charge in [0.05, 0.1) is 26.5 Å². The number of hydrogen-bond donors (Lipinski definition) is 0. The smallest absolute Gasteiger partial charge is 0.165 e. The fraction of sp³-hybridized carbons (Fsp3) is 0.526. The number of hydrogen-bond acceptors (Lipinski definition) is 5. The van der Waals surface area contributed by atoms with Gasteiger partial charge in [-0.15, -0.1) is 0 Å². The highest BCUT2D eigenvalue weighted by molar-refractivity contribution is 5.46. The Morgan fingerprint density at radius 1 is 1.28 bits per heavy atom. The number of para-hydroxylation sites is 1. The van der Waals surface area contributed by atoms with Crippen LogP contribution in [0.25, 0.3) is 0 Å². The third-order valence-corrected chi connectivity index (χ3v) is 4.53. The van der Waals surface area contributed by atoms with Crippen molar-refractivity contribution in [3.05, 3.63) is 41.7 Å². The molecule has 0 saturated carbocycles. The van der Waals surface area contributed by atoms with Gasteiger partial charge in [-0.2, -0.15) is 5.10 Å². The summed E-state index contributed by atoms with van der Waals surface area (Å²) < 4.78 is 18.7. The van der Waals surface area contributed by atoms with E-state index in [4.69, 9.17) is 14.2 Å². The maximum atomic E-state index is 5.85. The molecule has 1 fully saturated rings. The van der Waals surface area contributed by atoms with Crippen molar-refractivity contribution in [2.75, 3.05) is 27.4 Å². The van der Waals surface area contributed by atoms with Crippen molar-refractivity contribution >= 4 is 0 Å². The van der Waals surface area contributed by atoms with E-state index in [2.05, 4.69) is 22.3 Å². The summed E-state index contributed by atoms with van der Waals surface area (Å²) in [5.74, 6) is 1.56. The topological polar surface area (TPSA) is 48.8 Å². The van der Waals surface area contributed by atoms with Crippen LogP contribution in [0.5, 0.6) is 11.5 Å². The molecule has 1 aromatic carbocycles. The summed E-state index contributed by atoms with van der Waals surface area (Å²) in [6.45, 7) is 3.37. The van der Waals surface area contributed by atoms with Crippen LogP contribution in [0, 0.1) is 0 Å². The lowest BCUT2D eigenvalue weighted by Crippen LogP contribution is -2.31. The molecule has 0 unspecified atom stereocenters. The normalized spacial score (nSPS) is 17.2. The Hall–Kier alpha value is -2.05. The molecule has 25 heavy (non-hydrogen) atoms. The highest BCUT2D eigenvalue weighted by Gasteiger charge is 2.21. The third kappa shape index (κ3) is 4.52. The Bertz CT molecular complexity index is 680. The van der Waals surface area contributed by atoms with Crippen molar-refractivity contribution < 1.29 is 14.2 Å². The van der Waals surface area contributed by atoms with Gasteiger partial charge in [0.2, 0.25) is 0 Å². The molecule has 0 bridgehead atoms. The molecule has 2 aromatic rings. The molecule has 0 amide bonds. The molecule has 6 heteroatoms. The van der Waals surface area contributed by atoms with Crippen LogP contribution in [0.4, 0.5) is 0 Å². The molecule has 136 valence electrons. The van der Waals surface area contributed by atoms with Crippen LogP contribution >= 0.6 is 0 Å². The van der Waals surface area contributed by atoms with Crippen molar-refractivity contribution in [1.82, 2.24) is 14.7 Å². The monoisotopic (exact) mass is 345 g/mol. The minimum absolute atomic E-state index is 0.299. The predicted molar refractivity (Wildman–Crippen MR) is 95.8 cm³/mol. The summed E-state index contributed by atoms with van der Waals surface area (Å²) in [6.07, 6.45) is 6.55. The van der Waals surface area contributed by atoms with Crippen LogP contribution in [0.1, 0.15) is 24.0 Å². The third-order valence-electron chi connectivity index (χ3n) is 4.53. The van der Waals surface area contributed by atoms with Gasteiger partial charge < -0.3 is 14.2 Å². The van der Waals surface area contributed by atoms with Crippen molar-refractivity contribution in [1.29, 1.82) is 0 Å². The maximum Gasteiger partial charge on any atom is 0.165 e. The molecule has 0 radical (unpaired) electrons. The van der Waals surface area contributed by atoms with Gasteiger partial charge in [0, 0.05) is 50.6 Å². The van der Waals surface area contributed by atoms with Gasteiger partial charge in [-0.1, -0.05) is 12.1 Å². The fourth-order valence-corrected chi connectivity index (χ4v) is 3.39. The zero-order chi connectivity index (χ0) is 17.6. The van der Waals surface area contributed by atoms with E-state index in [0.29, 0.717) is 6.10 Å². The summed E-state index contributed by atoms with van der Waals surface area (Å²) in [5, 5.41) is 4.28. The molecular weight excluding hydrogens is 318 g/mol. The molecule has 1 aliphatic heterocycles. The largest absolute Gasteiger partial charge is 0.493 e. The molecule has 1 aromatic heterocycles. The SMILES string of the molecule is COc1cccc(CN(Cc2cnn(C)c2)C[C@@H]2CCCO2)c1OC. The Morgan fingerprint density at radius 3 is 2.80 bits per heavy atom. The van der Waals surface area contributed by atoms with Crippen molar-refractivity contribution in [2.45, 2.75) is 32.0 Å². The van der Waals surface area contributed by atoms with Crippen LogP contribution in [0.3, 0.4) is 0 Å². The van der Waals surface area contributed by atoms with E-state index in [1.807, 2.05) is 30.1 Å². The lowest BCUT2D eigenvalue weighted by Gasteiger charge is -2.26. The standard InChI is InChI=1S/C19H27N3O3/c1-21-11-15(10-20-21)12-22(14-17-7-5-9-25-17)13-16-6-4-8-18(23-2)19(16)24-3/h4,6,8,10-11,17H,5,7,9,12-14H2,1-3H3/t17-/m0/s1.